The van der Waals surface area contributed by atoms with Crippen molar-refractivity contribution in [2.75, 3.05) is 20.2 Å². The van der Waals surface area contributed by atoms with Crippen LogP contribution in [-0.2, 0) is 17.6 Å². The van der Waals surface area contributed by atoms with Crippen LogP contribution in [0.2, 0.25) is 0 Å². The van der Waals surface area contributed by atoms with E-state index in [0.717, 1.165) is 36.5 Å². The molecule has 1 aromatic carbocycles. The lowest BCUT2D eigenvalue weighted by atomic mass is 10.0. The van der Waals surface area contributed by atoms with E-state index < -0.39 is 0 Å². The molecule has 0 spiro atoms. The molecule has 1 aromatic heterocycles. The molecule has 3 rings (SSSR count). The first-order chi connectivity index (χ1) is 12.7. The number of imidazole rings is 1. The monoisotopic (exact) mass is 358 g/mol. The van der Waals surface area contributed by atoms with Gasteiger partial charge in [-0.25, -0.2) is 9.78 Å². The van der Waals surface area contributed by atoms with E-state index in [1.807, 2.05) is 31.2 Å². The number of carbonyl (C=O) groups is 1. The Bertz CT molecular complexity index is 714. The van der Waals surface area contributed by atoms with Crippen LogP contribution in [0, 0.1) is 6.92 Å². The smallest absolute Gasteiger partial charge is 0.407 e. The van der Waals surface area contributed by atoms with Crippen LogP contribution in [0.4, 0.5) is 4.79 Å². The lowest BCUT2D eigenvalue weighted by Gasteiger charge is -2.20. The maximum absolute atomic E-state index is 12.1. The Morgan fingerprint density at radius 1 is 1.35 bits per heavy atom. The molecule has 1 unspecified atom stereocenters. The minimum absolute atomic E-state index is 0.121. The van der Waals surface area contributed by atoms with E-state index in [2.05, 4.69) is 20.6 Å². The van der Waals surface area contributed by atoms with Gasteiger partial charge >= 0.3 is 6.09 Å². The lowest BCUT2D eigenvalue weighted by molar-refractivity contribution is 0.0901. The van der Waals surface area contributed by atoms with Crippen molar-refractivity contribution in [3.8, 4) is 5.75 Å². The molecule has 2 aromatic rings. The predicted molar refractivity (Wildman–Crippen MR) is 98.4 cm³/mol. The summed E-state index contributed by atoms with van der Waals surface area (Å²) in [5, 5.41) is 6.24. The van der Waals surface area contributed by atoms with Gasteiger partial charge < -0.3 is 25.1 Å². The summed E-state index contributed by atoms with van der Waals surface area (Å²) in [4.78, 5) is 19.3. The van der Waals surface area contributed by atoms with Crippen molar-refractivity contribution in [2.45, 2.75) is 38.3 Å². The van der Waals surface area contributed by atoms with Crippen molar-refractivity contribution in [1.82, 2.24) is 20.6 Å². The Morgan fingerprint density at radius 3 is 2.85 bits per heavy atom. The Hall–Kier alpha value is -2.54. The zero-order chi connectivity index (χ0) is 18.4. The third-order valence-corrected chi connectivity index (χ3v) is 4.72. The number of aromatic amines is 1. The number of methoxy groups -OCH3 is 1. The standard InChI is InChI=1S/C19H26N4O3/c1-13-16(23-12-22-13)7-9-21-19(24)26-18-8-10-20-17(18)11-14-3-5-15(25-2)6-4-14/h3-6,12,17-18,20H,7-11H2,1-2H3,(H,21,24)(H,22,23)/t17-,18?/m1/s1. The molecule has 1 amide bonds. The third kappa shape index (κ3) is 4.76. The highest BCUT2D eigenvalue weighted by Crippen LogP contribution is 2.18. The average molecular weight is 358 g/mol. The number of H-pyrrole nitrogens is 1. The number of ether oxygens (including phenoxy) is 2. The molecule has 0 aliphatic carbocycles. The van der Waals surface area contributed by atoms with Gasteiger partial charge in [0, 0.05) is 24.7 Å². The van der Waals surface area contributed by atoms with E-state index in [0.29, 0.717) is 13.0 Å². The molecule has 7 nitrogen and oxygen atoms in total. The second-order valence-electron chi connectivity index (χ2n) is 6.50. The van der Waals surface area contributed by atoms with Crippen LogP contribution in [0.15, 0.2) is 30.6 Å². The molecule has 26 heavy (non-hydrogen) atoms. The quantitative estimate of drug-likeness (QED) is 0.704. The number of aromatic nitrogens is 2. The topological polar surface area (TPSA) is 88.3 Å². The van der Waals surface area contributed by atoms with E-state index in [9.17, 15) is 4.79 Å². The van der Waals surface area contributed by atoms with E-state index in [1.54, 1.807) is 13.4 Å². The Labute approximate surface area is 153 Å². The fourth-order valence-electron chi connectivity index (χ4n) is 3.21. The number of rotatable bonds is 7. The lowest BCUT2D eigenvalue weighted by Crippen LogP contribution is -2.38. The van der Waals surface area contributed by atoms with Gasteiger partial charge in [-0.05, 0) is 44.0 Å². The molecule has 2 atom stereocenters. The SMILES string of the molecule is COc1ccc(C[C@H]2NCCC2OC(=O)NCCc2nc[nH]c2C)cc1. The van der Waals surface area contributed by atoms with Crippen LogP contribution in [0.25, 0.3) is 0 Å². The minimum Gasteiger partial charge on any atom is -0.497 e. The minimum atomic E-state index is -0.369. The molecule has 1 aliphatic heterocycles. The van der Waals surface area contributed by atoms with Crippen molar-refractivity contribution < 1.29 is 14.3 Å². The van der Waals surface area contributed by atoms with Gasteiger partial charge in [0.1, 0.15) is 11.9 Å². The molecule has 1 saturated heterocycles. The fourth-order valence-corrected chi connectivity index (χ4v) is 3.21. The number of nitrogens with one attached hydrogen (secondary N) is 3. The normalized spacial score (nSPS) is 19.3. The summed E-state index contributed by atoms with van der Waals surface area (Å²) in [6.07, 6.45) is 3.50. The van der Waals surface area contributed by atoms with Gasteiger partial charge in [0.25, 0.3) is 0 Å². The summed E-state index contributed by atoms with van der Waals surface area (Å²) in [6.45, 7) is 3.33. The van der Waals surface area contributed by atoms with Gasteiger partial charge in [0.05, 0.1) is 19.1 Å². The maximum atomic E-state index is 12.1. The number of hydrogen-bond donors (Lipinski definition) is 3. The highest BCUT2D eigenvalue weighted by Gasteiger charge is 2.30. The van der Waals surface area contributed by atoms with Crippen LogP contribution >= 0.6 is 0 Å². The molecule has 1 aliphatic rings. The molecule has 0 bridgehead atoms. The van der Waals surface area contributed by atoms with Crippen molar-refractivity contribution in [3.05, 3.63) is 47.5 Å². The predicted octanol–water partition coefficient (Wildman–Crippen LogP) is 1.97. The molecule has 2 heterocycles. The fraction of sp³-hybridized carbons (Fsp3) is 0.474. The number of hydrogen-bond acceptors (Lipinski definition) is 5. The van der Waals surface area contributed by atoms with E-state index in [4.69, 9.17) is 9.47 Å². The number of benzene rings is 1. The molecule has 0 radical (unpaired) electrons. The Morgan fingerprint density at radius 2 is 2.15 bits per heavy atom. The van der Waals surface area contributed by atoms with Crippen LogP contribution in [0.1, 0.15) is 23.4 Å². The molecular weight excluding hydrogens is 332 g/mol. The van der Waals surface area contributed by atoms with E-state index >= 15 is 0 Å². The number of aryl methyl sites for hydroxylation is 1. The maximum Gasteiger partial charge on any atom is 0.407 e. The summed E-state index contributed by atoms with van der Waals surface area (Å²) < 4.78 is 10.8. The molecule has 1 fully saturated rings. The molecular formula is C19H26N4O3. The number of carbonyl (C=O) groups excluding carboxylic acids is 1. The van der Waals surface area contributed by atoms with Gasteiger partial charge in [-0.1, -0.05) is 12.1 Å². The van der Waals surface area contributed by atoms with Gasteiger partial charge in [-0.2, -0.15) is 0 Å². The summed E-state index contributed by atoms with van der Waals surface area (Å²) in [7, 11) is 1.66. The first-order valence-corrected chi connectivity index (χ1v) is 8.95. The average Bonchev–Trinajstić information content (AvgIpc) is 3.25. The molecule has 3 N–H and O–H groups in total. The first-order valence-electron chi connectivity index (χ1n) is 8.95. The van der Waals surface area contributed by atoms with Gasteiger partial charge in [0.15, 0.2) is 0 Å². The van der Waals surface area contributed by atoms with Crippen LogP contribution < -0.4 is 15.4 Å². The summed E-state index contributed by atoms with van der Waals surface area (Å²) >= 11 is 0. The highest BCUT2D eigenvalue weighted by atomic mass is 16.6. The second kappa shape index (κ2) is 8.71. The van der Waals surface area contributed by atoms with E-state index in [1.165, 1.54) is 5.56 Å². The second-order valence-corrected chi connectivity index (χ2v) is 6.50. The number of nitrogens with zero attached hydrogens (tertiary/aromatic N) is 1. The van der Waals surface area contributed by atoms with Gasteiger partial charge in [-0.3, -0.25) is 0 Å². The Balaban J connectivity index is 1.45. The summed E-state index contributed by atoms with van der Waals surface area (Å²) in [5.74, 6) is 0.840. The highest BCUT2D eigenvalue weighted by molar-refractivity contribution is 5.67. The van der Waals surface area contributed by atoms with Crippen molar-refractivity contribution >= 4 is 6.09 Å². The van der Waals surface area contributed by atoms with Crippen LogP contribution in [0.5, 0.6) is 5.75 Å². The third-order valence-electron chi connectivity index (χ3n) is 4.72. The van der Waals surface area contributed by atoms with Crippen molar-refractivity contribution in [1.29, 1.82) is 0 Å². The summed E-state index contributed by atoms with van der Waals surface area (Å²) in [5.41, 5.74) is 3.18. The van der Waals surface area contributed by atoms with Gasteiger partial charge in [-0.15, -0.1) is 0 Å². The largest absolute Gasteiger partial charge is 0.497 e. The number of alkyl carbamates (subject to hydrolysis) is 1. The van der Waals surface area contributed by atoms with Gasteiger partial charge in [0.2, 0.25) is 0 Å². The van der Waals surface area contributed by atoms with Crippen LogP contribution in [-0.4, -0.2) is 48.4 Å². The molecule has 140 valence electrons. The Kier molecular flexibility index (Phi) is 6.12. The zero-order valence-corrected chi connectivity index (χ0v) is 15.2. The molecule has 0 saturated carbocycles. The number of amides is 1. The van der Waals surface area contributed by atoms with Crippen molar-refractivity contribution in [2.24, 2.45) is 0 Å². The van der Waals surface area contributed by atoms with Crippen LogP contribution in [0.3, 0.4) is 0 Å². The first kappa shape index (κ1) is 18.3. The molecule has 7 heteroatoms. The van der Waals surface area contributed by atoms with E-state index in [-0.39, 0.29) is 18.2 Å². The summed E-state index contributed by atoms with van der Waals surface area (Å²) in [6, 6.07) is 8.11. The zero-order valence-electron chi connectivity index (χ0n) is 15.2. The van der Waals surface area contributed by atoms with Crippen molar-refractivity contribution in [3.63, 3.8) is 0 Å².